The molecule has 0 radical (unpaired) electrons. The molecule has 0 aromatic carbocycles. The molecule has 1 saturated heterocycles. The predicted molar refractivity (Wildman–Crippen MR) is 71.4 cm³/mol. The molecular weight excluding hydrogens is 258 g/mol. The van der Waals surface area contributed by atoms with Gasteiger partial charge in [0, 0.05) is 26.1 Å². The van der Waals surface area contributed by atoms with Gasteiger partial charge in [0.25, 0.3) is 5.91 Å². The van der Waals surface area contributed by atoms with Crippen LogP contribution >= 0.6 is 0 Å². The van der Waals surface area contributed by atoms with Crippen LogP contribution in [0.5, 0.6) is 0 Å². The van der Waals surface area contributed by atoms with E-state index in [-0.39, 0.29) is 11.8 Å². The highest BCUT2D eigenvalue weighted by molar-refractivity contribution is 5.96. The summed E-state index contributed by atoms with van der Waals surface area (Å²) in [6.07, 6.45) is 3.83. The molecule has 1 aromatic rings. The summed E-state index contributed by atoms with van der Waals surface area (Å²) in [5.74, 6) is -0.911. The Bertz CT molecular complexity index is 562. The Balaban J connectivity index is 1.82. The van der Waals surface area contributed by atoms with Crippen molar-refractivity contribution in [1.82, 2.24) is 14.7 Å². The molecule has 6 nitrogen and oxygen atoms in total. The molecule has 1 aliphatic heterocycles. The van der Waals surface area contributed by atoms with Gasteiger partial charge in [-0.2, -0.15) is 5.10 Å². The summed E-state index contributed by atoms with van der Waals surface area (Å²) in [7, 11) is 1.86. The van der Waals surface area contributed by atoms with Crippen molar-refractivity contribution in [3.63, 3.8) is 0 Å². The standard InChI is InChI=1S/C14H19N3O3/c1-8-6-17(7-11(8)14(19)20)13(18)10-5-15-16(2)12(10)9-3-4-9/h5,8-9,11H,3-4,6-7H2,1-2H3,(H,19,20)/t8-,11-/m1/s1. The maximum absolute atomic E-state index is 12.6. The maximum Gasteiger partial charge on any atom is 0.308 e. The number of rotatable bonds is 3. The number of aliphatic carboxylic acids is 1. The first-order valence-corrected chi connectivity index (χ1v) is 7.03. The SMILES string of the molecule is C[C@@H]1CN(C(=O)c2cnn(C)c2C2CC2)C[C@H]1C(=O)O. The number of carbonyl (C=O) groups excluding carboxylic acids is 1. The Morgan fingerprint density at radius 2 is 2.05 bits per heavy atom. The van der Waals surface area contributed by atoms with Crippen molar-refractivity contribution < 1.29 is 14.7 Å². The molecule has 0 bridgehead atoms. The molecule has 3 rings (SSSR count). The Kier molecular flexibility index (Phi) is 3.03. The Morgan fingerprint density at radius 1 is 1.35 bits per heavy atom. The highest BCUT2D eigenvalue weighted by atomic mass is 16.4. The highest BCUT2D eigenvalue weighted by Gasteiger charge is 2.39. The van der Waals surface area contributed by atoms with Crippen LogP contribution in [0.1, 0.15) is 41.7 Å². The highest BCUT2D eigenvalue weighted by Crippen LogP contribution is 2.41. The van der Waals surface area contributed by atoms with Crippen molar-refractivity contribution in [3.8, 4) is 0 Å². The van der Waals surface area contributed by atoms with Crippen molar-refractivity contribution in [2.24, 2.45) is 18.9 Å². The average Bonchev–Trinajstić information content (AvgIpc) is 3.04. The van der Waals surface area contributed by atoms with E-state index in [0.29, 0.717) is 24.6 Å². The summed E-state index contributed by atoms with van der Waals surface area (Å²) in [5.41, 5.74) is 1.65. The van der Waals surface area contributed by atoms with Gasteiger partial charge in [-0.1, -0.05) is 6.92 Å². The van der Waals surface area contributed by atoms with Crippen LogP contribution in [0, 0.1) is 11.8 Å². The lowest BCUT2D eigenvalue weighted by Gasteiger charge is -2.16. The molecule has 0 unspecified atom stereocenters. The maximum atomic E-state index is 12.6. The van der Waals surface area contributed by atoms with Crippen LogP contribution in [0.15, 0.2) is 6.20 Å². The fraction of sp³-hybridized carbons (Fsp3) is 0.643. The van der Waals surface area contributed by atoms with Crippen LogP contribution in [0.3, 0.4) is 0 Å². The van der Waals surface area contributed by atoms with Gasteiger partial charge in [-0.25, -0.2) is 0 Å². The van der Waals surface area contributed by atoms with Gasteiger partial charge in [-0.15, -0.1) is 0 Å². The van der Waals surface area contributed by atoms with E-state index in [9.17, 15) is 9.59 Å². The molecular formula is C14H19N3O3. The summed E-state index contributed by atoms with van der Waals surface area (Å²) in [5, 5.41) is 13.4. The van der Waals surface area contributed by atoms with E-state index >= 15 is 0 Å². The number of aromatic nitrogens is 2. The van der Waals surface area contributed by atoms with Crippen molar-refractivity contribution in [2.75, 3.05) is 13.1 Å². The minimum Gasteiger partial charge on any atom is -0.481 e. The third kappa shape index (κ3) is 2.09. The number of amides is 1. The first kappa shape index (κ1) is 13.1. The molecule has 1 amide bonds. The fourth-order valence-electron chi connectivity index (χ4n) is 3.08. The smallest absolute Gasteiger partial charge is 0.308 e. The van der Waals surface area contributed by atoms with Gasteiger partial charge < -0.3 is 10.0 Å². The second-order valence-corrected chi connectivity index (χ2v) is 5.97. The second kappa shape index (κ2) is 4.61. The van der Waals surface area contributed by atoms with Crippen LogP contribution in [0.25, 0.3) is 0 Å². The van der Waals surface area contributed by atoms with Crippen LogP contribution in [0.2, 0.25) is 0 Å². The lowest BCUT2D eigenvalue weighted by molar-refractivity contribution is -0.142. The van der Waals surface area contributed by atoms with Crippen LogP contribution in [-0.2, 0) is 11.8 Å². The first-order valence-electron chi connectivity index (χ1n) is 7.03. The van der Waals surface area contributed by atoms with E-state index in [4.69, 9.17) is 5.11 Å². The molecule has 20 heavy (non-hydrogen) atoms. The molecule has 1 aromatic heterocycles. The molecule has 0 spiro atoms. The third-order valence-electron chi connectivity index (χ3n) is 4.40. The Hall–Kier alpha value is -1.85. The summed E-state index contributed by atoms with van der Waals surface area (Å²) >= 11 is 0. The average molecular weight is 277 g/mol. The first-order chi connectivity index (χ1) is 9.49. The molecule has 6 heteroatoms. The largest absolute Gasteiger partial charge is 0.481 e. The second-order valence-electron chi connectivity index (χ2n) is 5.97. The normalized spacial score (nSPS) is 26.0. The van der Waals surface area contributed by atoms with Crippen molar-refractivity contribution >= 4 is 11.9 Å². The zero-order valence-corrected chi connectivity index (χ0v) is 11.7. The van der Waals surface area contributed by atoms with Gasteiger partial charge in [-0.3, -0.25) is 14.3 Å². The number of hydrogen-bond acceptors (Lipinski definition) is 3. The van der Waals surface area contributed by atoms with E-state index in [0.717, 1.165) is 18.5 Å². The molecule has 2 heterocycles. The number of nitrogens with zero attached hydrogens (tertiary/aromatic N) is 3. The van der Waals surface area contributed by atoms with Crippen LogP contribution in [0.4, 0.5) is 0 Å². The number of aryl methyl sites for hydroxylation is 1. The molecule has 2 atom stereocenters. The summed E-state index contributed by atoms with van der Waals surface area (Å²) in [6.45, 7) is 2.69. The van der Waals surface area contributed by atoms with E-state index in [2.05, 4.69) is 5.10 Å². The lowest BCUT2D eigenvalue weighted by Crippen LogP contribution is -2.30. The predicted octanol–water partition coefficient (Wildman–Crippen LogP) is 1.09. The van der Waals surface area contributed by atoms with Gasteiger partial charge in [-0.05, 0) is 18.8 Å². The quantitative estimate of drug-likeness (QED) is 0.897. The van der Waals surface area contributed by atoms with Crippen molar-refractivity contribution in [2.45, 2.75) is 25.7 Å². The number of hydrogen-bond donors (Lipinski definition) is 1. The summed E-state index contributed by atoms with van der Waals surface area (Å²) in [6, 6.07) is 0. The van der Waals surface area contributed by atoms with Gasteiger partial charge in [0.05, 0.1) is 23.4 Å². The molecule has 1 saturated carbocycles. The molecule has 2 aliphatic rings. The van der Waals surface area contributed by atoms with E-state index in [1.807, 2.05) is 14.0 Å². The van der Waals surface area contributed by atoms with E-state index in [1.165, 1.54) is 0 Å². The molecule has 1 N–H and O–H groups in total. The van der Waals surface area contributed by atoms with Gasteiger partial charge in [0.2, 0.25) is 0 Å². The monoisotopic (exact) mass is 277 g/mol. The summed E-state index contributed by atoms with van der Waals surface area (Å²) in [4.78, 5) is 25.4. The molecule has 1 aliphatic carbocycles. The Labute approximate surface area is 117 Å². The van der Waals surface area contributed by atoms with Crippen molar-refractivity contribution in [1.29, 1.82) is 0 Å². The number of carbonyl (C=O) groups is 2. The third-order valence-corrected chi connectivity index (χ3v) is 4.40. The zero-order chi connectivity index (χ0) is 14.4. The Morgan fingerprint density at radius 3 is 2.60 bits per heavy atom. The van der Waals surface area contributed by atoms with Gasteiger partial charge >= 0.3 is 5.97 Å². The molecule has 108 valence electrons. The van der Waals surface area contributed by atoms with E-state index < -0.39 is 11.9 Å². The zero-order valence-electron chi connectivity index (χ0n) is 11.7. The van der Waals surface area contributed by atoms with Crippen LogP contribution < -0.4 is 0 Å². The number of carboxylic acids is 1. The van der Waals surface area contributed by atoms with E-state index in [1.54, 1.807) is 15.8 Å². The van der Waals surface area contributed by atoms with Crippen molar-refractivity contribution in [3.05, 3.63) is 17.5 Å². The number of likely N-dealkylation sites (tertiary alicyclic amines) is 1. The molecule has 2 fully saturated rings. The van der Waals surface area contributed by atoms with Gasteiger partial charge in [0.15, 0.2) is 0 Å². The summed E-state index contributed by atoms with van der Waals surface area (Å²) < 4.78 is 1.78. The van der Waals surface area contributed by atoms with Crippen LogP contribution in [-0.4, -0.2) is 44.8 Å². The fourth-order valence-corrected chi connectivity index (χ4v) is 3.08. The number of carboxylic acid groups (broad SMARTS) is 1. The minimum atomic E-state index is -0.818. The minimum absolute atomic E-state index is 0.00232. The topological polar surface area (TPSA) is 75.4 Å². The lowest BCUT2D eigenvalue weighted by atomic mass is 9.99. The van der Waals surface area contributed by atoms with Gasteiger partial charge in [0.1, 0.15) is 0 Å².